The number of nitrogens with zero attached hydrogens (tertiary/aromatic N) is 1. The van der Waals surface area contributed by atoms with Crippen LogP contribution in [0.25, 0.3) is 0 Å². The van der Waals surface area contributed by atoms with Crippen LogP contribution in [0.2, 0.25) is 0 Å². The van der Waals surface area contributed by atoms with Gasteiger partial charge < -0.3 is 10.1 Å². The lowest BCUT2D eigenvalue weighted by molar-refractivity contribution is 0.0104. The molecule has 0 saturated carbocycles. The third-order valence-corrected chi connectivity index (χ3v) is 4.49. The van der Waals surface area contributed by atoms with Crippen molar-refractivity contribution >= 4 is 0 Å². The highest BCUT2D eigenvalue weighted by atomic mass is 16.5. The van der Waals surface area contributed by atoms with E-state index in [0.717, 1.165) is 25.6 Å². The molecule has 2 unspecified atom stereocenters. The van der Waals surface area contributed by atoms with Gasteiger partial charge in [-0.05, 0) is 44.6 Å². The fraction of sp³-hybridized carbons (Fsp3) is 1.00. The molecule has 0 aliphatic carbocycles. The maximum Gasteiger partial charge on any atom is 0.0707 e. The molecule has 1 rings (SSSR count). The Morgan fingerprint density at radius 1 is 1.10 bits per heavy atom. The van der Waals surface area contributed by atoms with Crippen LogP contribution in [0.1, 0.15) is 66.7 Å². The highest BCUT2D eigenvalue weighted by molar-refractivity contribution is 4.81. The van der Waals surface area contributed by atoms with E-state index >= 15 is 0 Å². The van der Waals surface area contributed by atoms with Gasteiger partial charge in [-0.2, -0.15) is 0 Å². The Labute approximate surface area is 132 Å². The van der Waals surface area contributed by atoms with Crippen molar-refractivity contribution in [1.29, 1.82) is 0 Å². The highest BCUT2D eigenvalue weighted by Gasteiger charge is 2.28. The molecule has 3 heteroatoms. The molecule has 0 aromatic heterocycles. The Balaban J connectivity index is 2.41. The van der Waals surface area contributed by atoms with Crippen molar-refractivity contribution in [3.05, 3.63) is 0 Å². The summed E-state index contributed by atoms with van der Waals surface area (Å²) in [5, 5.41) is 3.49. The van der Waals surface area contributed by atoms with Crippen molar-refractivity contribution in [2.75, 3.05) is 26.2 Å². The summed E-state index contributed by atoms with van der Waals surface area (Å²) < 4.78 is 6.26. The molecule has 126 valence electrons. The molecule has 21 heavy (non-hydrogen) atoms. The lowest BCUT2D eigenvalue weighted by Crippen LogP contribution is -2.42. The van der Waals surface area contributed by atoms with Crippen molar-refractivity contribution in [2.45, 2.75) is 85.0 Å². The predicted octanol–water partition coefficient (Wildman–Crippen LogP) is 3.68. The Hall–Kier alpha value is -0.120. The molecule has 0 spiro atoms. The van der Waals surface area contributed by atoms with Gasteiger partial charge >= 0.3 is 0 Å². The van der Waals surface area contributed by atoms with Crippen molar-refractivity contribution < 1.29 is 4.74 Å². The molecular formula is C18H38N2O. The van der Waals surface area contributed by atoms with Gasteiger partial charge in [0.15, 0.2) is 0 Å². The molecular weight excluding hydrogens is 260 g/mol. The van der Waals surface area contributed by atoms with Crippen LogP contribution in [-0.2, 0) is 4.74 Å². The minimum absolute atomic E-state index is 0.434. The fourth-order valence-electron chi connectivity index (χ4n) is 3.41. The molecule has 3 nitrogen and oxygen atoms in total. The van der Waals surface area contributed by atoms with Crippen molar-refractivity contribution in [2.24, 2.45) is 5.92 Å². The molecule has 1 heterocycles. The van der Waals surface area contributed by atoms with Gasteiger partial charge in [-0.25, -0.2) is 0 Å². The number of rotatable bonds is 11. The summed E-state index contributed by atoms with van der Waals surface area (Å²) >= 11 is 0. The van der Waals surface area contributed by atoms with E-state index in [1.54, 1.807) is 0 Å². The third kappa shape index (κ3) is 7.12. The minimum Gasteiger partial charge on any atom is -0.372 e. The maximum atomic E-state index is 6.26. The standard InChI is InChI=1S/C18H38N2O/c1-6-11-19-12-17-9-10-18(21-17)14-20(13-15(4)5)16(7-2)8-3/h15-19H,6-14H2,1-5H3. The molecule has 0 aromatic rings. The smallest absolute Gasteiger partial charge is 0.0707 e. The Morgan fingerprint density at radius 2 is 1.76 bits per heavy atom. The molecule has 1 fully saturated rings. The first-order valence-corrected chi connectivity index (χ1v) is 9.20. The molecule has 0 aromatic carbocycles. The summed E-state index contributed by atoms with van der Waals surface area (Å²) in [5.74, 6) is 0.731. The maximum absolute atomic E-state index is 6.26. The van der Waals surface area contributed by atoms with E-state index in [2.05, 4.69) is 44.8 Å². The van der Waals surface area contributed by atoms with Crippen molar-refractivity contribution in [3.8, 4) is 0 Å². The van der Waals surface area contributed by atoms with Crippen LogP contribution in [0.3, 0.4) is 0 Å². The van der Waals surface area contributed by atoms with Gasteiger partial charge in [0.05, 0.1) is 12.2 Å². The molecule has 1 N–H and O–H groups in total. The van der Waals surface area contributed by atoms with Gasteiger partial charge in [-0.1, -0.05) is 34.6 Å². The first-order valence-electron chi connectivity index (χ1n) is 9.20. The number of hydrogen-bond donors (Lipinski definition) is 1. The zero-order valence-corrected chi connectivity index (χ0v) is 15.0. The van der Waals surface area contributed by atoms with E-state index in [1.165, 1.54) is 38.6 Å². The van der Waals surface area contributed by atoms with E-state index in [1.807, 2.05) is 0 Å². The molecule has 0 amide bonds. The topological polar surface area (TPSA) is 24.5 Å². The fourth-order valence-corrected chi connectivity index (χ4v) is 3.41. The third-order valence-electron chi connectivity index (χ3n) is 4.49. The first-order chi connectivity index (χ1) is 10.1. The summed E-state index contributed by atoms with van der Waals surface area (Å²) in [6.07, 6.45) is 7.02. The summed E-state index contributed by atoms with van der Waals surface area (Å²) in [7, 11) is 0. The second kappa shape index (κ2) is 10.6. The van der Waals surface area contributed by atoms with Crippen LogP contribution >= 0.6 is 0 Å². The SMILES string of the molecule is CCCNCC1CCC(CN(CC(C)C)C(CC)CC)O1. The number of nitrogens with one attached hydrogen (secondary N) is 1. The second-order valence-electron chi connectivity index (χ2n) is 6.98. The zero-order valence-electron chi connectivity index (χ0n) is 15.0. The molecule has 2 atom stereocenters. The zero-order chi connectivity index (χ0) is 15.7. The summed E-state index contributed by atoms with van der Waals surface area (Å²) in [5.41, 5.74) is 0. The van der Waals surface area contributed by atoms with Gasteiger partial charge in [0, 0.05) is 25.7 Å². The normalized spacial score (nSPS) is 22.9. The van der Waals surface area contributed by atoms with Crippen LogP contribution in [0.5, 0.6) is 0 Å². The molecule has 1 saturated heterocycles. The molecule has 0 bridgehead atoms. The Morgan fingerprint density at radius 3 is 2.33 bits per heavy atom. The van der Waals surface area contributed by atoms with Crippen LogP contribution in [0.15, 0.2) is 0 Å². The van der Waals surface area contributed by atoms with Crippen LogP contribution in [-0.4, -0.2) is 49.3 Å². The predicted molar refractivity (Wildman–Crippen MR) is 91.8 cm³/mol. The van der Waals surface area contributed by atoms with Gasteiger partial charge in [-0.3, -0.25) is 4.90 Å². The Kier molecular flexibility index (Phi) is 9.54. The van der Waals surface area contributed by atoms with E-state index in [-0.39, 0.29) is 0 Å². The van der Waals surface area contributed by atoms with Crippen LogP contribution in [0.4, 0.5) is 0 Å². The monoisotopic (exact) mass is 298 g/mol. The van der Waals surface area contributed by atoms with Crippen molar-refractivity contribution in [1.82, 2.24) is 10.2 Å². The lowest BCUT2D eigenvalue weighted by Gasteiger charge is -2.33. The largest absolute Gasteiger partial charge is 0.372 e. The van der Waals surface area contributed by atoms with E-state index < -0.39 is 0 Å². The van der Waals surface area contributed by atoms with Gasteiger partial charge in [0.2, 0.25) is 0 Å². The summed E-state index contributed by atoms with van der Waals surface area (Å²) in [6, 6.07) is 0.716. The van der Waals surface area contributed by atoms with Crippen molar-refractivity contribution in [3.63, 3.8) is 0 Å². The van der Waals surface area contributed by atoms with E-state index in [4.69, 9.17) is 4.74 Å². The van der Waals surface area contributed by atoms with Gasteiger partial charge in [0.1, 0.15) is 0 Å². The number of hydrogen-bond acceptors (Lipinski definition) is 3. The molecule has 1 aliphatic rings. The second-order valence-corrected chi connectivity index (χ2v) is 6.98. The quantitative estimate of drug-likeness (QED) is 0.589. The first kappa shape index (κ1) is 18.9. The van der Waals surface area contributed by atoms with Gasteiger partial charge in [0.25, 0.3) is 0 Å². The minimum atomic E-state index is 0.434. The lowest BCUT2D eigenvalue weighted by atomic mass is 10.1. The Bertz CT molecular complexity index is 254. The van der Waals surface area contributed by atoms with E-state index in [0.29, 0.717) is 18.2 Å². The molecule has 1 aliphatic heterocycles. The summed E-state index contributed by atoms with van der Waals surface area (Å²) in [6.45, 7) is 15.9. The summed E-state index contributed by atoms with van der Waals surface area (Å²) in [4.78, 5) is 2.68. The molecule has 0 radical (unpaired) electrons. The average molecular weight is 299 g/mol. The van der Waals surface area contributed by atoms with Crippen LogP contribution < -0.4 is 5.32 Å². The average Bonchev–Trinajstić information content (AvgIpc) is 2.87. The van der Waals surface area contributed by atoms with E-state index in [9.17, 15) is 0 Å². The van der Waals surface area contributed by atoms with Crippen LogP contribution in [0, 0.1) is 5.92 Å². The number of ether oxygens (including phenoxy) is 1. The highest BCUT2D eigenvalue weighted by Crippen LogP contribution is 2.22. The van der Waals surface area contributed by atoms with Gasteiger partial charge in [-0.15, -0.1) is 0 Å².